The van der Waals surface area contributed by atoms with Gasteiger partial charge in [0, 0.05) is 31.3 Å². The predicted octanol–water partition coefficient (Wildman–Crippen LogP) is 1.83. The summed E-state index contributed by atoms with van der Waals surface area (Å²) >= 11 is 0. The van der Waals surface area contributed by atoms with E-state index in [1.54, 1.807) is 12.0 Å². The van der Waals surface area contributed by atoms with E-state index < -0.39 is 0 Å². The van der Waals surface area contributed by atoms with Crippen LogP contribution < -0.4 is 20.3 Å². The number of amides is 3. The van der Waals surface area contributed by atoms with Crippen LogP contribution in [-0.4, -0.2) is 62.7 Å². The average Bonchev–Trinajstić information content (AvgIpc) is 3.02. The van der Waals surface area contributed by atoms with E-state index in [1.165, 1.54) is 0 Å². The lowest BCUT2D eigenvalue weighted by molar-refractivity contribution is -0.117. The summed E-state index contributed by atoms with van der Waals surface area (Å²) in [6.07, 6.45) is 1.22. The average molecular weight is 362 g/mol. The molecule has 3 amide bonds. The molecule has 0 spiro atoms. The molecule has 0 saturated carbocycles. The number of nitrogens with one attached hydrogen (secondary N) is 2. The molecule has 2 rings (SSSR count). The smallest absolute Gasteiger partial charge is 0.315 e. The van der Waals surface area contributed by atoms with E-state index in [9.17, 15) is 9.59 Å². The summed E-state index contributed by atoms with van der Waals surface area (Å²) in [6, 6.07) is 6.99. The molecule has 1 aromatic rings. The summed E-state index contributed by atoms with van der Waals surface area (Å²) in [4.78, 5) is 28.3. The summed E-state index contributed by atoms with van der Waals surface area (Å²) in [5.41, 5.74) is 0.790. The molecule has 7 nitrogen and oxygen atoms in total. The van der Waals surface area contributed by atoms with E-state index in [-0.39, 0.29) is 18.0 Å². The third-order valence-electron chi connectivity index (χ3n) is 4.66. The number of rotatable bonds is 9. The van der Waals surface area contributed by atoms with Crippen molar-refractivity contribution in [1.82, 2.24) is 15.5 Å². The lowest BCUT2D eigenvalue weighted by atomic mass is 10.2. The molecule has 2 N–H and O–H groups in total. The number of carbonyl (C=O) groups is 2. The van der Waals surface area contributed by atoms with Gasteiger partial charge in [-0.2, -0.15) is 0 Å². The van der Waals surface area contributed by atoms with E-state index in [1.807, 2.05) is 24.3 Å². The van der Waals surface area contributed by atoms with Gasteiger partial charge in [-0.3, -0.25) is 4.79 Å². The molecule has 1 heterocycles. The van der Waals surface area contributed by atoms with Crippen molar-refractivity contribution in [2.75, 3.05) is 44.7 Å². The van der Waals surface area contributed by atoms with Crippen LogP contribution in [-0.2, 0) is 4.79 Å². The van der Waals surface area contributed by atoms with Crippen molar-refractivity contribution in [3.8, 4) is 5.75 Å². The third-order valence-corrected chi connectivity index (χ3v) is 4.66. The zero-order chi connectivity index (χ0) is 18.9. The van der Waals surface area contributed by atoms with Gasteiger partial charge in [0.1, 0.15) is 5.75 Å². The Bertz CT molecular complexity index is 604. The fourth-order valence-corrected chi connectivity index (χ4v) is 3.11. The molecule has 1 aliphatic rings. The second-order valence-corrected chi connectivity index (χ2v) is 6.39. The van der Waals surface area contributed by atoms with Crippen LogP contribution in [0.2, 0.25) is 0 Å². The van der Waals surface area contributed by atoms with Crippen molar-refractivity contribution >= 4 is 17.6 Å². The Balaban J connectivity index is 1.77. The summed E-state index contributed by atoms with van der Waals surface area (Å²) < 4.78 is 5.21. The summed E-state index contributed by atoms with van der Waals surface area (Å²) in [6.45, 7) is 8.38. The maximum atomic E-state index is 12.3. The molecule has 144 valence electrons. The van der Waals surface area contributed by atoms with Gasteiger partial charge < -0.3 is 25.2 Å². The first-order valence-corrected chi connectivity index (χ1v) is 9.28. The highest BCUT2D eigenvalue weighted by atomic mass is 16.5. The van der Waals surface area contributed by atoms with Crippen molar-refractivity contribution in [3.05, 3.63) is 24.3 Å². The number of hydrogen-bond donors (Lipinski definition) is 2. The van der Waals surface area contributed by atoms with Crippen LogP contribution in [0.4, 0.5) is 10.5 Å². The number of nitrogens with zero attached hydrogens (tertiary/aromatic N) is 2. The topological polar surface area (TPSA) is 73.9 Å². The molecule has 0 aliphatic carbocycles. The van der Waals surface area contributed by atoms with E-state index >= 15 is 0 Å². The normalized spacial score (nSPS) is 16.8. The summed E-state index contributed by atoms with van der Waals surface area (Å²) in [5, 5.41) is 5.77. The zero-order valence-electron chi connectivity index (χ0n) is 16.0. The van der Waals surface area contributed by atoms with Gasteiger partial charge in [0.25, 0.3) is 0 Å². The van der Waals surface area contributed by atoms with Crippen molar-refractivity contribution in [3.63, 3.8) is 0 Å². The lowest BCUT2D eigenvalue weighted by Crippen LogP contribution is -2.44. The fourth-order valence-electron chi connectivity index (χ4n) is 3.11. The molecule has 0 unspecified atom stereocenters. The van der Waals surface area contributed by atoms with Gasteiger partial charge in [0.15, 0.2) is 0 Å². The molecule has 0 aromatic heterocycles. The Morgan fingerprint density at radius 2 is 2.12 bits per heavy atom. The lowest BCUT2D eigenvalue weighted by Gasteiger charge is -2.19. The van der Waals surface area contributed by atoms with E-state index in [2.05, 4.69) is 29.4 Å². The van der Waals surface area contributed by atoms with E-state index in [0.29, 0.717) is 25.3 Å². The first-order chi connectivity index (χ1) is 12.6. The number of benzene rings is 1. The Hall–Kier alpha value is -2.28. The molecule has 0 bridgehead atoms. The third kappa shape index (κ3) is 5.62. The summed E-state index contributed by atoms with van der Waals surface area (Å²) in [5.74, 6) is 0.711. The zero-order valence-corrected chi connectivity index (χ0v) is 16.0. The van der Waals surface area contributed by atoms with Crippen molar-refractivity contribution < 1.29 is 14.3 Å². The highest BCUT2D eigenvalue weighted by molar-refractivity contribution is 5.97. The summed E-state index contributed by atoms with van der Waals surface area (Å²) in [7, 11) is 1.60. The minimum atomic E-state index is -0.213. The maximum Gasteiger partial charge on any atom is 0.315 e. The van der Waals surface area contributed by atoms with E-state index in [0.717, 1.165) is 31.7 Å². The number of methoxy groups -OCH3 is 1. The first-order valence-electron chi connectivity index (χ1n) is 9.28. The molecular weight excluding hydrogens is 332 g/mol. The quantitative estimate of drug-likeness (QED) is 0.658. The molecule has 0 radical (unpaired) electrons. The van der Waals surface area contributed by atoms with Crippen LogP contribution in [0.15, 0.2) is 24.3 Å². The van der Waals surface area contributed by atoms with Crippen LogP contribution in [0, 0.1) is 0 Å². The van der Waals surface area contributed by atoms with Crippen LogP contribution in [0.1, 0.15) is 26.7 Å². The number of hydrogen-bond acceptors (Lipinski definition) is 4. The molecule has 26 heavy (non-hydrogen) atoms. The largest absolute Gasteiger partial charge is 0.497 e. The SMILES string of the molecule is CCN(CC)CCCNC(=O)N[C@@H]1CC(=O)N(c2cccc(OC)c2)C1. The van der Waals surface area contributed by atoms with Gasteiger partial charge in [-0.15, -0.1) is 0 Å². The standard InChI is InChI=1S/C19H30N4O3/c1-4-22(5-2)11-7-10-20-19(25)21-15-12-18(24)23(14-15)16-8-6-9-17(13-16)26-3/h6,8-9,13,15H,4-5,7,10-12,14H2,1-3H3,(H2,20,21,25)/t15-/m1/s1. The maximum absolute atomic E-state index is 12.3. The van der Waals surface area contributed by atoms with Gasteiger partial charge in [-0.25, -0.2) is 4.79 Å². The van der Waals surface area contributed by atoms with Crippen LogP contribution in [0.3, 0.4) is 0 Å². The number of urea groups is 1. The van der Waals surface area contributed by atoms with Crippen molar-refractivity contribution in [2.24, 2.45) is 0 Å². The first kappa shape index (κ1) is 20.0. The predicted molar refractivity (Wildman–Crippen MR) is 103 cm³/mol. The van der Waals surface area contributed by atoms with E-state index in [4.69, 9.17) is 4.74 Å². The van der Waals surface area contributed by atoms with Gasteiger partial charge in [0.2, 0.25) is 5.91 Å². The molecule has 1 aliphatic heterocycles. The van der Waals surface area contributed by atoms with Crippen LogP contribution in [0.25, 0.3) is 0 Å². The molecule has 1 saturated heterocycles. The molecule has 7 heteroatoms. The van der Waals surface area contributed by atoms with Gasteiger partial charge in [0.05, 0.1) is 13.2 Å². The number of carbonyl (C=O) groups excluding carboxylic acids is 2. The Morgan fingerprint density at radius 1 is 1.35 bits per heavy atom. The highest BCUT2D eigenvalue weighted by Crippen LogP contribution is 2.25. The second-order valence-electron chi connectivity index (χ2n) is 6.39. The Labute approximate surface area is 155 Å². The molecule has 1 aromatic carbocycles. The fraction of sp³-hybridized carbons (Fsp3) is 0.579. The minimum Gasteiger partial charge on any atom is -0.497 e. The molecular formula is C19H30N4O3. The second kappa shape index (κ2) is 10.0. The number of ether oxygens (including phenoxy) is 1. The Morgan fingerprint density at radius 3 is 2.81 bits per heavy atom. The molecule has 1 atom stereocenters. The van der Waals surface area contributed by atoms with Gasteiger partial charge in [-0.1, -0.05) is 19.9 Å². The van der Waals surface area contributed by atoms with Crippen LogP contribution in [0.5, 0.6) is 5.75 Å². The van der Waals surface area contributed by atoms with Crippen LogP contribution >= 0.6 is 0 Å². The monoisotopic (exact) mass is 362 g/mol. The highest BCUT2D eigenvalue weighted by Gasteiger charge is 2.31. The van der Waals surface area contributed by atoms with Crippen molar-refractivity contribution in [2.45, 2.75) is 32.7 Å². The Kier molecular flexibility index (Phi) is 7.72. The number of anilines is 1. The van der Waals surface area contributed by atoms with Gasteiger partial charge >= 0.3 is 6.03 Å². The van der Waals surface area contributed by atoms with Crippen molar-refractivity contribution in [1.29, 1.82) is 0 Å². The minimum absolute atomic E-state index is 0.00471. The van der Waals surface area contributed by atoms with Gasteiger partial charge in [-0.05, 0) is 38.2 Å². The molecule has 1 fully saturated rings.